The molecule has 1 aromatic rings. The lowest BCUT2D eigenvalue weighted by molar-refractivity contribution is 0.528. The number of rotatable bonds is 5. The zero-order valence-corrected chi connectivity index (χ0v) is 14.4. The molecule has 0 bridgehead atoms. The fourth-order valence-corrected chi connectivity index (χ4v) is 4.01. The van der Waals surface area contributed by atoms with Crippen molar-refractivity contribution in [3.05, 3.63) is 39.8 Å². The molecule has 1 aromatic carbocycles. The van der Waals surface area contributed by atoms with E-state index in [-0.39, 0.29) is 5.92 Å². The zero-order chi connectivity index (χ0) is 16.4. The molecule has 1 aliphatic heterocycles. The van der Waals surface area contributed by atoms with Crippen molar-refractivity contribution >= 4 is 17.1 Å². The fraction of sp³-hybridized carbons (Fsp3) is 0.550. The standard InChI is InChI=1S/C20H26N2O/c1-4-5-6-7-15-11-18-20(19(12-15)22-23)17-10-13(2)8-9-16(17)14(3)21-18/h10-12,16-17H,4-9H2,1-3H3. The molecule has 0 saturated carbocycles. The number of aryl methyl sites for hydroxylation is 1. The third-order valence-electron chi connectivity index (χ3n) is 5.28. The molecule has 0 N–H and O–H groups in total. The lowest BCUT2D eigenvalue weighted by Gasteiger charge is -2.34. The Balaban J connectivity index is 2.04. The van der Waals surface area contributed by atoms with Crippen LogP contribution in [0.15, 0.2) is 34.0 Å². The Morgan fingerprint density at radius 1 is 1.26 bits per heavy atom. The van der Waals surface area contributed by atoms with Crippen LogP contribution in [0.4, 0.5) is 11.4 Å². The maximum atomic E-state index is 11.5. The molecule has 2 unspecified atom stereocenters. The number of fused-ring (bicyclic) bond motifs is 3. The highest BCUT2D eigenvalue weighted by Crippen LogP contribution is 2.48. The number of aliphatic imine (C=N–C) groups is 1. The maximum absolute atomic E-state index is 11.5. The summed E-state index contributed by atoms with van der Waals surface area (Å²) in [6.07, 6.45) is 9.16. The van der Waals surface area contributed by atoms with Crippen LogP contribution in [0, 0.1) is 10.8 Å². The van der Waals surface area contributed by atoms with E-state index in [1.165, 1.54) is 29.7 Å². The average molecular weight is 310 g/mol. The Morgan fingerprint density at radius 2 is 2.09 bits per heavy atom. The van der Waals surface area contributed by atoms with Crippen LogP contribution in [-0.4, -0.2) is 5.71 Å². The molecule has 23 heavy (non-hydrogen) atoms. The first-order valence-electron chi connectivity index (χ1n) is 8.86. The Kier molecular flexibility index (Phi) is 4.74. The SMILES string of the molecule is CCCCCc1cc(N=O)c2c(c1)N=C(C)C1CCC(C)=CC21. The van der Waals surface area contributed by atoms with E-state index >= 15 is 0 Å². The number of nitroso groups, excluding NO2 is 1. The monoisotopic (exact) mass is 310 g/mol. The van der Waals surface area contributed by atoms with Gasteiger partial charge in [0.1, 0.15) is 5.69 Å². The number of benzene rings is 1. The summed E-state index contributed by atoms with van der Waals surface area (Å²) in [4.78, 5) is 16.3. The summed E-state index contributed by atoms with van der Waals surface area (Å²) in [5.41, 5.74) is 6.43. The van der Waals surface area contributed by atoms with Crippen molar-refractivity contribution in [3.63, 3.8) is 0 Å². The molecule has 122 valence electrons. The smallest absolute Gasteiger partial charge is 0.114 e. The molecule has 2 atom stereocenters. The molecule has 1 heterocycles. The van der Waals surface area contributed by atoms with Crippen LogP contribution in [0.5, 0.6) is 0 Å². The van der Waals surface area contributed by atoms with E-state index < -0.39 is 0 Å². The molecule has 0 fully saturated rings. The van der Waals surface area contributed by atoms with Crippen molar-refractivity contribution in [2.75, 3.05) is 0 Å². The van der Waals surface area contributed by atoms with Gasteiger partial charge in [0.2, 0.25) is 0 Å². The molecule has 3 rings (SSSR count). The van der Waals surface area contributed by atoms with Crippen molar-refractivity contribution in [1.29, 1.82) is 0 Å². The van der Waals surface area contributed by atoms with Gasteiger partial charge in [0, 0.05) is 23.1 Å². The van der Waals surface area contributed by atoms with Gasteiger partial charge in [-0.3, -0.25) is 4.99 Å². The van der Waals surface area contributed by atoms with Gasteiger partial charge in [-0.05, 0) is 62.4 Å². The van der Waals surface area contributed by atoms with E-state index in [1.807, 2.05) is 6.07 Å². The van der Waals surface area contributed by atoms with Gasteiger partial charge in [-0.25, -0.2) is 0 Å². The van der Waals surface area contributed by atoms with Crippen LogP contribution in [0.25, 0.3) is 0 Å². The second-order valence-corrected chi connectivity index (χ2v) is 7.03. The molecule has 3 heteroatoms. The normalized spacial score (nSPS) is 22.7. The predicted octanol–water partition coefficient (Wildman–Crippen LogP) is 6.36. The highest BCUT2D eigenvalue weighted by Gasteiger charge is 2.34. The minimum Gasteiger partial charge on any atom is -0.257 e. The zero-order valence-electron chi connectivity index (χ0n) is 14.4. The molecule has 0 spiro atoms. The van der Waals surface area contributed by atoms with E-state index in [1.54, 1.807) is 0 Å². The van der Waals surface area contributed by atoms with Crippen molar-refractivity contribution in [1.82, 2.24) is 0 Å². The Morgan fingerprint density at radius 3 is 2.83 bits per heavy atom. The number of unbranched alkanes of at least 4 members (excludes halogenated alkanes) is 2. The Hall–Kier alpha value is -1.77. The van der Waals surface area contributed by atoms with Gasteiger partial charge >= 0.3 is 0 Å². The molecule has 2 aliphatic rings. The predicted molar refractivity (Wildman–Crippen MR) is 97.1 cm³/mol. The molecule has 0 radical (unpaired) electrons. The van der Waals surface area contributed by atoms with E-state index in [9.17, 15) is 4.91 Å². The first-order chi connectivity index (χ1) is 11.1. The van der Waals surface area contributed by atoms with Gasteiger partial charge in [0.15, 0.2) is 0 Å². The van der Waals surface area contributed by atoms with Gasteiger partial charge in [-0.15, -0.1) is 4.91 Å². The first-order valence-corrected chi connectivity index (χ1v) is 8.86. The van der Waals surface area contributed by atoms with Crippen LogP contribution >= 0.6 is 0 Å². The second kappa shape index (κ2) is 6.77. The quantitative estimate of drug-likeness (QED) is 0.354. The Bertz CT molecular complexity index is 672. The van der Waals surface area contributed by atoms with Crippen LogP contribution in [0.3, 0.4) is 0 Å². The van der Waals surface area contributed by atoms with E-state index in [0.29, 0.717) is 11.6 Å². The fourth-order valence-electron chi connectivity index (χ4n) is 4.01. The van der Waals surface area contributed by atoms with Crippen molar-refractivity contribution in [2.24, 2.45) is 16.1 Å². The minimum atomic E-state index is 0.272. The highest BCUT2D eigenvalue weighted by atomic mass is 16.3. The summed E-state index contributed by atoms with van der Waals surface area (Å²) in [5, 5.41) is 3.37. The Labute approximate surface area is 138 Å². The van der Waals surface area contributed by atoms with Crippen LogP contribution < -0.4 is 0 Å². The van der Waals surface area contributed by atoms with Gasteiger partial charge < -0.3 is 0 Å². The van der Waals surface area contributed by atoms with E-state index in [2.05, 4.69) is 38.1 Å². The van der Waals surface area contributed by atoms with Crippen molar-refractivity contribution in [2.45, 2.75) is 65.2 Å². The second-order valence-electron chi connectivity index (χ2n) is 7.03. The van der Waals surface area contributed by atoms with Gasteiger partial charge in [-0.1, -0.05) is 31.4 Å². The van der Waals surface area contributed by atoms with Crippen LogP contribution in [-0.2, 0) is 6.42 Å². The number of hydrogen-bond donors (Lipinski definition) is 0. The third kappa shape index (κ3) is 3.15. The molecular formula is C20H26N2O. The van der Waals surface area contributed by atoms with Gasteiger partial charge in [-0.2, -0.15) is 0 Å². The summed E-state index contributed by atoms with van der Waals surface area (Å²) >= 11 is 0. The minimum absolute atomic E-state index is 0.272. The largest absolute Gasteiger partial charge is 0.257 e. The summed E-state index contributed by atoms with van der Waals surface area (Å²) in [6, 6.07) is 4.17. The van der Waals surface area contributed by atoms with E-state index in [4.69, 9.17) is 4.99 Å². The summed E-state index contributed by atoms with van der Waals surface area (Å²) in [6.45, 7) is 6.52. The number of nitrogens with zero attached hydrogens (tertiary/aromatic N) is 2. The summed E-state index contributed by atoms with van der Waals surface area (Å²) in [7, 11) is 0. The lowest BCUT2D eigenvalue weighted by Crippen LogP contribution is -2.25. The summed E-state index contributed by atoms with van der Waals surface area (Å²) < 4.78 is 0. The van der Waals surface area contributed by atoms with Crippen LogP contribution in [0.1, 0.15) is 69.9 Å². The molecule has 0 aromatic heterocycles. The van der Waals surface area contributed by atoms with E-state index in [0.717, 1.165) is 36.9 Å². The van der Waals surface area contributed by atoms with Crippen molar-refractivity contribution in [3.8, 4) is 0 Å². The topological polar surface area (TPSA) is 41.8 Å². The van der Waals surface area contributed by atoms with Crippen LogP contribution in [0.2, 0.25) is 0 Å². The summed E-state index contributed by atoms with van der Waals surface area (Å²) in [5.74, 6) is 0.700. The molecule has 1 aliphatic carbocycles. The highest BCUT2D eigenvalue weighted by molar-refractivity contribution is 5.92. The molecule has 0 saturated heterocycles. The number of hydrogen-bond acceptors (Lipinski definition) is 3. The third-order valence-corrected chi connectivity index (χ3v) is 5.28. The maximum Gasteiger partial charge on any atom is 0.114 e. The molecular weight excluding hydrogens is 284 g/mol. The molecule has 3 nitrogen and oxygen atoms in total. The lowest BCUT2D eigenvalue weighted by atomic mass is 9.72. The van der Waals surface area contributed by atoms with Gasteiger partial charge in [0.05, 0.1) is 5.69 Å². The van der Waals surface area contributed by atoms with Crippen molar-refractivity contribution < 1.29 is 0 Å². The first kappa shape index (κ1) is 16.1. The number of allylic oxidation sites excluding steroid dienone is 2. The average Bonchev–Trinajstić information content (AvgIpc) is 2.54. The molecule has 0 amide bonds. The van der Waals surface area contributed by atoms with Gasteiger partial charge in [0.25, 0.3) is 0 Å².